The van der Waals surface area contributed by atoms with Crippen molar-refractivity contribution in [3.8, 4) is 10.6 Å². The number of hydrogen-bond acceptors (Lipinski definition) is 4. The van der Waals surface area contributed by atoms with E-state index in [0.29, 0.717) is 20.8 Å². The van der Waals surface area contributed by atoms with E-state index in [2.05, 4.69) is 4.98 Å². The van der Waals surface area contributed by atoms with Crippen molar-refractivity contribution >= 4 is 27.2 Å². The fraction of sp³-hybridized carbons (Fsp3) is 0.0714. The summed E-state index contributed by atoms with van der Waals surface area (Å²) in [5, 5.41) is 11.5. The summed E-state index contributed by atoms with van der Waals surface area (Å²) < 4.78 is 14.1. The molecule has 1 aromatic heterocycles. The number of fused-ring (bicyclic) bond motifs is 1. The van der Waals surface area contributed by atoms with Gasteiger partial charge < -0.3 is 0 Å². The maximum atomic E-state index is 13.6. The van der Waals surface area contributed by atoms with Gasteiger partial charge in [0.1, 0.15) is 10.8 Å². The molecule has 0 saturated heterocycles. The number of nitro groups is 1. The van der Waals surface area contributed by atoms with Gasteiger partial charge in [0.15, 0.2) is 0 Å². The minimum absolute atomic E-state index is 0.0704. The molecule has 0 fully saturated rings. The van der Waals surface area contributed by atoms with E-state index >= 15 is 0 Å². The molecule has 0 N–H and O–H groups in total. The Labute approximate surface area is 117 Å². The summed E-state index contributed by atoms with van der Waals surface area (Å²) in [6.45, 7) is 1.68. The highest BCUT2D eigenvalue weighted by Gasteiger charge is 2.14. The van der Waals surface area contributed by atoms with Gasteiger partial charge in [-0.2, -0.15) is 0 Å². The van der Waals surface area contributed by atoms with E-state index in [9.17, 15) is 14.5 Å². The van der Waals surface area contributed by atoms with E-state index in [4.69, 9.17) is 0 Å². The van der Waals surface area contributed by atoms with Crippen molar-refractivity contribution in [2.45, 2.75) is 6.92 Å². The zero-order valence-electron chi connectivity index (χ0n) is 10.5. The smallest absolute Gasteiger partial charge is 0.258 e. The Balaban J connectivity index is 2.13. The summed E-state index contributed by atoms with van der Waals surface area (Å²) >= 11 is 1.24. The summed E-state index contributed by atoms with van der Waals surface area (Å²) in [5.41, 5.74) is 1.99. The number of benzene rings is 2. The number of hydrogen-bond donors (Lipinski definition) is 0. The summed E-state index contributed by atoms with van der Waals surface area (Å²) in [4.78, 5) is 14.7. The van der Waals surface area contributed by atoms with Gasteiger partial charge in [-0.15, -0.1) is 11.3 Å². The quantitative estimate of drug-likeness (QED) is 0.521. The first kappa shape index (κ1) is 12.7. The highest BCUT2D eigenvalue weighted by Crippen LogP contribution is 2.33. The number of rotatable bonds is 2. The summed E-state index contributed by atoms with van der Waals surface area (Å²) in [7, 11) is 0. The molecule has 0 unspecified atom stereocenters. The third kappa shape index (κ3) is 2.04. The molecule has 0 aliphatic heterocycles. The minimum atomic E-state index is -0.420. The van der Waals surface area contributed by atoms with Gasteiger partial charge in [0, 0.05) is 17.2 Å². The van der Waals surface area contributed by atoms with Crippen molar-refractivity contribution in [2.75, 3.05) is 0 Å². The highest BCUT2D eigenvalue weighted by atomic mass is 32.1. The van der Waals surface area contributed by atoms with Gasteiger partial charge in [-0.1, -0.05) is 6.07 Å². The molecule has 20 heavy (non-hydrogen) atoms. The maximum Gasteiger partial charge on any atom is 0.272 e. The molecule has 4 nitrogen and oxygen atoms in total. The second-order valence-corrected chi connectivity index (χ2v) is 5.36. The van der Waals surface area contributed by atoms with E-state index in [-0.39, 0.29) is 11.5 Å². The van der Waals surface area contributed by atoms with Crippen LogP contribution in [-0.4, -0.2) is 9.91 Å². The molecule has 2 aromatic carbocycles. The average Bonchev–Trinajstić information content (AvgIpc) is 2.83. The standard InChI is InChI=1S/C14H9FN2O2S/c1-8-7-9(5-6-12(8)17(18)19)14-16-11-4-2-3-10(15)13(11)20-14/h2-7H,1H3. The van der Waals surface area contributed by atoms with Crippen LogP contribution in [0.4, 0.5) is 10.1 Å². The van der Waals surface area contributed by atoms with Crippen LogP contribution in [0.2, 0.25) is 0 Å². The fourth-order valence-corrected chi connectivity index (χ4v) is 3.00. The first-order valence-electron chi connectivity index (χ1n) is 5.87. The van der Waals surface area contributed by atoms with E-state index in [1.807, 2.05) is 0 Å². The molecule has 3 aromatic rings. The van der Waals surface area contributed by atoms with Gasteiger partial charge in [0.25, 0.3) is 5.69 Å². The lowest BCUT2D eigenvalue weighted by atomic mass is 10.1. The molecule has 0 radical (unpaired) electrons. The molecule has 0 bridgehead atoms. The lowest BCUT2D eigenvalue weighted by Gasteiger charge is -1.99. The Bertz CT molecular complexity index is 829. The van der Waals surface area contributed by atoms with Crippen molar-refractivity contribution in [1.29, 1.82) is 0 Å². The highest BCUT2D eigenvalue weighted by molar-refractivity contribution is 7.21. The third-order valence-electron chi connectivity index (χ3n) is 3.01. The predicted octanol–water partition coefficient (Wildman–Crippen LogP) is 4.32. The topological polar surface area (TPSA) is 56.0 Å². The molecule has 0 aliphatic rings. The number of nitrogens with zero attached hydrogens (tertiary/aromatic N) is 2. The van der Waals surface area contributed by atoms with Crippen LogP contribution in [0.15, 0.2) is 36.4 Å². The largest absolute Gasteiger partial charge is 0.272 e. The minimum Gasteiger partial charge on any atom is -0.258 e. The Kier molecular flexibility index (Phi) is 2.94. The van der Waals surface area contributed by atoms with E-state index < -0.39 is 4.92 Å². The van der Waals surface area contributed by atoms with Crippen molar-refractivity contribution in [2.24, 2.45) is 0 Å². The molecule has 6 heteroatoms. The zero-order valence-corrected chi connectivity index (χ0v) is 11.3. The van der Waals surface area contributed by atoms with Gasteiger partial charge in [-0.05, 0) is 31.2 Å². The molecular formula is C14H9FN2O2S. The Morgan fingerprint density at radius 3 is 2.75 bits per heavy atom. The Hall–Kier alpha value is -2.34. The van der Waals surface area contributed by atoms with Crippen molar-refractivity contribution in [1.82, 2.24) is 4.98 Å². The molecule has 0 saturated carbocycles. The van der Waals surface area contributed by atoms with Crippen LogP contribution >= 0.6 is 11.3 Å². The van der Waals surface area contributed by atoms with Gasteiger partial charge in [0.05, 0.1) is 15.1 Å². The molecular weight excluding hydrogens is 279 g/mol. The number of nitro benzene ring substituents is 1. The predicted molar refractivity (Wildman–Crippen MR) is 76.4 cm³/mol. The Morgan fingerprint density at radius 2 is 2.10 bits per heavy atom. The lowest BCUT2D eigenvalue weighted by molar-refractivity contribution is -0.385. The first-order chi connectivity index (χ1) is 9.56. The second kappa shape index (κ2) is 4.64. The normalized spacial score (nSPS) is 10.9. The number of halogens is 1. The van der Waals surface area contributed by atoms with Crippen molar-refractivity contribution in [3.05, 3.63) is 57.9 Å². The molecule has 100 valence electrons. The molecule has 0 aliphatic carbocycles. The van der Waals surface area contributed by atoms with Crippen LogP contribution in [0.1, 0.15) is 5.56 Å². The molecule has 0 spiro atoms. The van der Waals surface area contributed by atoms with Crippen molar-refractivity contribution < 1.29 is 9.31 Å². The van der Waals surface area contributed by atoms with Crippen molar-refractivity contribution in [3.63, 3.8) is 0 Å². The summed E-state index contributed by atoms with van der Waals surface area (Å²) in [6, 6.07) is 9.55. The molecule has 0 atom stereocenters. The monoisotopic (exact) mass is 288 g/mol. The van der Waals surface area contributed by atoms with Gasteiger partial charge in [0.2, 0.25) is 0 Å². The van der Waals surface area contributed by atoms with E-state index in [1.54, 1.807) is 31.2 Å². The first-order valence-corrected chi connectivity index (χ1v) is 6.68. The van der Waals surface area contributed by atoms with Crippen LogP contribution in [0.25, 0.3) is 20.8 Å². The zero-order chi connectivity index (χ0) is 14.3. The number of thiazole rings is 1. The lowest BCUT2D eigenvalue weighted by Crippen LogP contribution is -1.91. The van der Waals surface area contributed by atoms with Crippen LogP contribution in [-0.2, 0) is 0 Å². The van der Waals surface area contributed by atoms with Crippen LogP contribution in [0, 0.1) is 22.9 Å². The SMILES string of the molecule is Cc1cc(-c2nc3cccc(F)c3s2)ccc1[N+](=O)[O-]. The van der Waals surface area contributed by atoms with Gasteiger partial charge >= 0.3 is 0 Å². The second-order valence-electron chi connectivity index (χ2n) is 4.37. The van der Waals surface area contributed by atoms with Crippen LogP contribution in [0.3, 0.4) is 0 Å². The Morgan fingerprint density at radius 1 is 1.30 bits per heavy atom. The van der Waals surface area contributed by atoms with E-state index in [1.165, 1.54) is 23.5 Å². The molecule has 0 amide bonds. The molecule has 3 rings (SSSR count). The summed E-state index contributed by atoms with van der Waals surface area (Å²) in [6.07, 6.45) is 0. The van der Waals surface area contributed by atoms with Crippen LogP contribution < -0.4 is 0 Å². The molecule has 1 heterocycles. The number of aryl methyl sites for hydroxylation is 1. The number of aromatic nitrogens is 1. The van der Waals surface area contributed by atoms with Gasteiger partial charge in [-0.3, -0.25) is 10.1 Å². The average molecular weight is 288 g/mol. The van der Waals surface area contributed by atoms with Gasteiger partial charge in [-0.25, -0.2) is 9.37 Å². The fourth-order valence-electron chi connectivity index (χ4n) is 2.03. The van der Waals surface area contributed by atoms with Crippen LogP contribution in [0.5, 0.6) is 0 Å². The summed E-state index contributed by atoms with van der Waals surface area (Å²) in [5.74, 6) is -0.301. The maximum absolute atomic E-state index is 13.6. The van der Waals surface area contributed by atoms with E-state index in [0.717, 1.165) is 5.56 Å². The third-order valence-corrected chi connectivity index (χ3v) is 4.14.